The summed E-state index contributed by atoms with van der Waals surface area (Å²) >= 11 is 1.40. The van der Waals surface area contributed by atoms with Crippen LogP contribution in [-0.4, -0.2) is 37.8 Å². The molecule has 1 aliphatic heterocycles. The Bertz CT molecular complexity index is 1050. The van der Waals surface area contributed by atoms with Crippen molar-refractivity contribution < 1.29 is 18.0 Å². The number of hydrogen-bond donors (Lipinski definition) is 2. The van der Waals surface area contributed by atoms with Crippen LogP contribution in [0.1, 0.15) is 25.0 Å². The van der Waals surface area contributed by atoms with Crippen molar-refractivity contribution in [2.45, 2.75) is 42.2 Å². The van der Waals surface area contributed by atoms with Crippen LogP contribution in [0.2, 0.25) is 0 Å². The third-order valence-corrected chi connectivity index (χ3v) is 8.08. The van der Waals surface area contributed by atoms with Gasteiger partial charge in [0.25, 0.3) is 0 Å². The van der Waals surface area contributed by atoms with E-state index in [1.807, 2.05) is 31.2 Å². The third-order valence-electron chi connectivity index (χ3n) is 4.99. The van der Waals surface area contributed by atoms with Gasteiger partial charge in [0.2, 0.25) is 11.8 Å². The van der Waals surface area contributed by atoms with E-state index in [4.69, 9.17) is 0 Å². The molecule has 0 aromatic heterocycles. The van der Waals surface area contributed by atoms with Gasteiger partial charge in [0.1, 0.15) is 0 Å². The lowest BCUT2D eigenvalue weighted by molar-refractivity contribution is -0.123. The number of carbonyl (C=O) groups is 2. The predicted molar refractivity (Wildman–Crippen MR) is 120 cm³/mol. The number of benzene rings is 2. The Balaban J connectivity index is 1.59. The molecule has 2 aromatic carbocycles. The summed E-state index contributed by atoms with van der Waals surface area (Å²) in [6.07, 6.45) is 0.687. The van der Waals surface area contributed by atoms with E-state index in [2.05, 4.69) is 10.6 Å². The van der Waals surface area contributed by atoms with Crippen LogP contribution in [-0.2, 0) is 25.8 Å². The van der Waals surface area contributed by atoms with E-state index in [-0.39, 0.29) is 27.7 Å². The first kappa shape index (κ1) is 22.4. The molecule has 0 unspecified atom stereocenters. The minimum absolute atomic E-state index is 0.107. The van der Waals surface area contributed by atoms with Gasteiger partial charge in [0.05, 0.1) is 21.6 Å². The highest BCUT2D eigenvalue weighted by Gasteiger charge is 2.27. The van der Waals surface area contributed by atoms with E-state index in [0.29, 0.717) is 18.7 Å². The fourth-order valence-corrected chi connectivity index (χ4v) is 5.65. The molecule has 30 heavy (non-hydrogen) atoms. The normalized spacial score (nSPS) is 17.0. The highest BCUT2D eigenvalue weighted by Crippen LogP contribution is 2.37. The van der Waals surface area contributed by atoms with Crippen LogP contribution < -0.4 is 10.6 Å². The molecule has 1 heterocycles. The SMILES string of the molecule is Cc1ccc(CCNC(=O)[C@@H](C)CS(=O)(=O)c2ccc3c(c2)NC(=O)[C@@H](C)S3)cc1. The fourth-order valence-electron chi connectivity index (χ4n) is 3.14. The van der Waals surface area contributed by atoms with Crippen molar-refractivity contribution in [1.82, 2.24) is 5.32 Å². The smallest absolute Gasteiger partial charge is 0.237 e. The van der Waals surface area contributed by atoms with E-state index in [0.717, 1.165) is 10.5 Å². The molecule has 0 aliphatic carbocycles. The first-order valence-electron chi connectivity index (χ1n) is 9.83. The summed E-state index contributed by atoms with van der Waals surface area (Å²) in [6, 6.07) is 12.8. The molecule has 6 nitrogen and oxygen atoms in total. The zero-order valence-electron chi connectivity index (χ0n) is 17.3. The summed E-state index contributed by atoms with van der Waals surface area (Å²) in [5.41, 5.74) is 2.79. The van der Waals surface area contributed by atoms with Crippen molar-refractivity contribution in [3.63, 3.8) is 0 Å². The lowest BCUT2D eigenvalue weighted by atomic mass is 10.1. The second kappa shape index (κ2) is 9.22. The Labute approximate surface area is 181 Å². The van der Waals surface area contributed by atoms with Crippen LogP contribution in [0.3, 0.4) is 0 Å². The average molecular weight is 447 g/mol. The van der Waals surface area contributed by atoms with Crippen molar-refractivity contribution in [2.24, 2.45) is 5.92 Å². The van der Waals surface area contributed by atoms with Gasteiger partial charge in [0, 0.05) is 17.4 Å². The Morgan fingerprint density at radius 1 is 1.20 bits per heavy atom. The first-order chi connectivity index (χ1) is 14.2. The van der Waals surface area contributed by atoms with Crippen LogP contribution in [0.4, 0.5) is 5.69 Å². The van der Waals surface area contributed by atoms with Crippen molar-refractivity contribution in [2.75, 3.05) is 17.6 Å². The van der Waals surface area contributed by atoms with Gasteiger partial charge in [-0.1, -0.05) is 36.8 Å². The summed E-state index contributed by atoms with van der Waals surface area (Å²) in [4.78, 5) is 25.2. The third kappa shape index (κ3) is 5.43. The quantitative estimate of drug-likeness (QED) is 0.681. The van der Waals surface area contributed by atoms with E-state index in [1.54, 1.807) is 19.9 Å². The Morgan fingerprint density at radius 3 is 2.60 bits per heavy atom. The molecule has 2 N–H and O–H groups in total. The Morgan fingerprint density at radius 2 is 1.90 bits per heavy atom. The van der Waals surface area contributed by atoms with E-state index in [1.165, 1.54) is 29.5 Å². The monoisotopic (exact) mass is 446 g/mol. The molecule has 0 spiro atoms. The average Bonchev–Trinajstić information content (AvgIpc) is 2.69. The van der Waals surface area contributed by atoms with Crippen LogP contribution in [0, 0.1) is 12.8 Å². The number of thioether (sulfide) groups is 1. The van der Waals surface area contributed by atoms with Gasteiger partial charge in [-0.25, -0.2) is 8.42 Å². The summed E-state index contributed by atoms with van der Waals surface area (Å²) in [5, 5.41) is 5.34. The molecule has 0 radical (unpaired) electrons. The second-order valence-electron chi connectivity index (χ2n) is 7.62. The minimum Gasteiger partial charge on any atom is -0.356 e. The maximum absolute atomic E-state index is 12.8. The Hall–Kier alpha value is -2.32. The Kier molecular flexibility index (Phi) is 6.88. The van der Waals surface area contributed by atoms with Gasteiger partial charge < -0.3 is 10.6 Å². The number of anilines is 1. The highest BCUT2D eigenvalue weighted by molar-refractivity contribution is 8.01. The molecule has 0 saturated carbocycles. The molecular weight excluding hydrogens is 420 g/mol. The van der Waals surface area contributed by atoms with Crippen molar-refractivity contribution in [3.8, 4) is 0 Å². The number of nitrogens with one attached hydrogen (secondary N) is 2. The van der Waals surface area contributed by atoms with Crippen LogP contribution in [0.15, 0.2) is 52.3 Å². The highest BCUT2D eigenvalue weighted by atomic mass is 32.2. The summed E-state index contributed by atoms with van der Waals surface area (Å²) in [5.74, 6) is -1.42. The molecule has 160 valence electrons. The zero-order valence-corrected chi connectivity index (χ0v) is 18.9. The van der Waals surface area contributed by atoms with Crippen LogP contribution >= 0.6 is 11.8 Å². The summed E-state index contributed by atoms with van der Waals surface area (Å²) in [7, 11) is -3.67. The van der Waals surface area contributed by atoms with Crippen LogP contribution in [0.25, 0.3) is 0 Å². The molecule has 0 bridgehead atoms. The number of rotatable bonds is 7. The topological polar surface area (TPSA) is 92.3 Å². The van der Waals surface area contributed by atoms with E-state index in [9.17, 15) is 18.0 Å². The molecule has 3 rings (SSSR count). The van der Waals surface area contributed by atoms with Gasteiger partial charge in [-0.05, 0) is 44.0 Å². The molecule has 2 atom stereocenters. The molecule has 1 aliphatic rings. The van der Waals surface area contributed by atoms with Crippen molar-refractivity contribution in [3.05, 3.63) is 53.6 Å². The first-order valence-corrected chi connectivity index (χ1v) is 12.4. The van der Waals surface area contributed by atoms with Gasteiger partial charge in [-0.15, -0.1) is 11.8 Å². The number of carbonyl (C=O) groups excluding carboxylic acids is 2. The number of fused-ring (bicyclic) bond motifs is 1. The molecule has 0 fully saturated rings. The molecule has 0 saturated heterocycles. The van der Waals surface area contributed by atoms with Crippen molar-refractivity contribution >= 4 is 39.1 Å². The predicted octanol–water partition coefficient (Wildman–Crippen LogP) is 3.20. The van der Waals surface area contributed by atoms with Crippen molar-refractivity contribution in [1.29, 1.82) is 0 Å². The maximum Gasteiger partial charge on any atom is 0.237 e. The number of aryl methyl sites for hydroxylation is 1. The molecule has 2 amide bonds. The largest absolute Gasteiger partial charge is 0.356 e. The zero-order chi connectivity index (χ0) is 21.9. The standard InChI is InChI=1S/C22H26N2O4S2/c1-14-4-6-17(7-5-14)10-11-23-21(25)15(2)13-30(27,28)18-8-9-20-19(12-18)24-22(26)16(3)29-20/h4-9,12,15-16H,10-11,13H2,1-3H3,(H,23,25)(H,24,26)/t15-,16+/m0/s1. The molecular formula is C22H26N2O4S2. The second-order valence-corrected chi connectivity index (χ2v) is 11.0. The summed E-state index contributed by atoms with van der Waals surface area (Å²) in [6.45, 7) is 5.87. The minimum atomic E-state index is -3.67. The maximum atomic E-state index is 12.8. The van der Waals surface area contributed by atoms with Gasteiger partial charge in [0.15, 0.2) is 9.84 Å². The van der Waals surface area contributed by atoms with Gasteiger partial charge in [-0.2, -0.15) is 0 Å². The molecule has 8 heteroatoms. The number of sulfone groups is 1. The lowest BCUT2D eigenvalue weighted by Gasteiger charge is -2.22. The van der Waals surface area contributed by atoms with E-state index >= 15 is 0 Å². The fraction of sp³-hybridized carbons (Fsp3) is 0.364. The summed E-state index contributed by atoms with van der Waals surface area (Å²) < 4.78 is 25.6. The van der Waals surface area contributed by atoms with E-state index < -0.39 is 15.8 Å². The van der Waals surface area contributed by atoms with Crippen LogP contribution in [0.5, 0.6) is 0 Å². The lowest BCUT2D eigenvalue weighted by Crippen LogP contribution is -2.34. The number of amides is 2. The van der Waals surface area contributed by atoms with Gasteiger partial charge in [-0.3, -0.25) is 9.59 Å². The molecule has 2 aromatic rings. The van der Waals surface area contributed by atoms with Gasteiger partial charge >= 0.3 is 0 Å². The number of hydrogen-bond acceptors (Lipinski definition) is 5.